The maximum atomic E-state index is 12.6. The van der Waals surface area contributed by atoms with E-state index in [-0.39, 0.29) is 21.8 Å². The Morgan fingerprint density at radius 2 is 1.93 bits per heavy atom. The summed E-state index contributed by atoms with van der Waals surface area (Å²) < 4.78 is 26.0. The lowest BCUT2D eigenvalue weighted by molar-refractivity contribution is 0.0845. The van der Waals surface area contributed by atoms with Crippen LogP contribution in [0.25, 0.3) is 0 Å². The lowest BCUT2D eigenvalue weighted by atomic mass is 10.1. The molecule has 3 rings (SSSR count). The van der Waals surface area contributed by atoms with Crippen LogP contribution in [-0.2, 0) is 16.4 Å². The second-order valence-corrected chi connectivity index (χ2v) is 8.37. The number of hydrogen-bond acceptors (Lipinski definition) is 5. The van der Waals surface area contributed by atoms with Gasteiger partial charge in [-0.05, 0) is 56.2 Å². The smallest absolute Gasteiger partial charge is 0.269 e. The summed E-state index contributed by atoms with van der Waals surface area (Å²) in [4.78, 5) is 24.5. The molecule has 0 atom stereocenters. The van der Waals surface area contributed by atoms with Crippen molar-refractivity contribution in [1.82, 2.24) is 9.62 Å². The van der Waals surface area contributed by atoms with Crippen molar-refractivity contribution < 1.29 is 23.1 Å². The summed E-state index contributed by atoms with van der Waals surface area (Å²) in [5.74, 6) is -0.846. The molecule has 0 saturated heterocycles. The van der Waals surface area contributed by atoms with Gasteiger partial charge in [-0.3, -0.25) is 9.59 Å². The predicted molar refractivity (Wildman–Crippen MR) is 99.1 cm³/mol. The molecule has 142 valence electrons. The molecule has 2 aromatic carbocycles. The highest BCUT2D eigenvalue weighted by Crippen LogP contribution is 2.32. The Morgan fingerprint density at radius 1 is 1.19 bits per heavy atom. The number of fused-ring (bicyclic) bond motifs is 1. The average Bonchev–Trinajstić information content (AvgIpc) is 2.80. The fraction of sp³-hybridized carbons (Fsp3) is 0.263. The van der Waals surface area contributed by atoms with Crippen molar-refractivity contribution in [2.45, 2.75) is 31.2 Å². The van der Waals surface area contributed by atoms with Crippen LogP contribution in [0.2, 0.25) is 0 Å². The van der Waals surface area contributed by atoms with Gasteiger partial charge in [0.2, 0.25) is 0 Å². The van der Waals surface area contributed by atoms with Crippen LogP contribution in [0, 0.1) is 0 Å². The standard InChI is InChI=1S/C19H20N2O5S/c1-12(2)21-19(24)16-7-6-14(11-17(16)27(21,25)26)18(23)20-9-8-13-4-3-5-15(22)10-13/h3-7,10-12,22H,8-9H2,1-2H3,(H,20,23). The number of benzene rings is 2. The molecule has 1 aliphatic heterocycles. The molecule has 0 fully saturated rings. The van der Waals surface area contributed by atoms with Crippen LogP contribution in [-0.4, -0.2) is 42.2 Å². The van der Waals surface area contributed by atoms with E-state index < -0.39 is 27.9 Å². The van der Waals surface area contributed by atoms with Crippen LogP contribution in [0.15, 0.2) is 47.4 Å². The zero-order valence-corrected chi connectivity index (χ0v) is 15.8. The third kappa shape index (κ3) is 3.52. The molecule has 0 spiro atoms. The van der Waals surface area contributed by atoms with Crippen molar-refractivity contribution in [2.24, 2.45) is 0 Å². The van der Waals surface area contributed by atoms with Gasteiger partial charge in [0.15, 0.2) is 0 Å². The zero-order valence-electron chi connectivity index (χ0n) is 15.0. The van der Waals surface area contributed by atoms with Crippen molar-refractivity contribution >= 4 is 21.8 Å². The summed E-state index contributed by atoms with van der Waals surface area (Å²) in [6.07, 6.45) is 0.517. The first kappa shape index (κ1) is 18.9. The van der Waals surface area contributed by atoms with E-state index in [0.717, 1.165) is 9.87 Å². The lowest BCUT2D eigenvalue weighted by Gasteiger charge is -2.18. The molecule has 2 amide bonds. The Morgan fingerprint density at radius 3 is 2.59 bits per heavy atom. The molecule has 2 aromatic rings. The van der Waals surface area contributed by atoms with Crippen molar-refractivity contribution in [2.75, 3.05) is 6.54 Å². The summed E-state index contributed by atoms with van der Waals surface area (Å²) in [6.45, 7) is 3.57. The second kappa shape index (κ2) is 7.03. The Labute approximate surface area is 157 Å². The van der Waals surface area contributed by atoms with E-state index in [1.165, 1.54) is 18.2 Å². The number of phenols is 1. The van der Waals surface area contributed by atoms with Crippen molar-refractivity contribution in [1.29, 1.82) is 0 Å². The number of nitrogens with one attached hydrogen (secondary N) is 1. The first-order valence-corrected chi connectivity index (χ1v) is 9.94. The molecule has 0 aromatic heterocycles. The molecule has 0 unspecified atom stereocenters. The third-order valence-corrected chi connectivity index (χ3v) is 6.29. The highest BCUT2D eigenvalue weighted by Gasteiger charge is 2.42. The first-order valence-electron chi connectivity index (χ1n) is 8.50. The minimum absolute atomic E-state index is 0.0833. The number of nitrogens with zero attached hydrogens (tertiary/aromatic N) is 1. The normalized spacial score (nSPS) is 15.1. The third-order valence-electron chi connectivity index (χ3n) is 4.29. The number of hydrogen-bond donors (Lipinski definition) is 2. The highest BCUT2D eigenvalue weighted by molar-refractivity contribution is 7.90. The Balaban J connectivity index is 1.75. The van der Waals surface area contributed by atoms with Crippen LogP contribution in [0.3, 0.4) is 0 Å². The van der Waals surface area contributed by atoms with Gasteiger partial charge in [-0.15, -0.1) is 0 Å². The van der Waals surface area contributed by atoms with Crippen LogP contribution in [0.1, 0.15) is 40.1 Å². The number of carbonyl (C=O) groups is 2. The fourth-order valence-electron chi connectivity index (χ4n) is 3.03. The molecule has 8 heteroatoms. The number of phenolic OH excluding ortho intramolecular Hbond substituents is 1. The number of sulfonamides is 1. The molecule has 2 N–H and O–H groups in total. The average molecular weight is 388 g/mol. The molecule has 1 aliphatic rings. The Hall–Kier alpha value is -2.87. The molecule has 1 heterocycles. The largest absolute Gasteiger partial charge is 0.508 e. The van der Waals surface area contributed by atoms with Crippen LogP contribution < -0.4 is 5.32 Å². The maximum absolute atomic E-state index is 12.6. The molecule has 27 heavy (non-hydrogen) atoms. The Bertz CT molecular complexity index is 1010. The SMILES string of the molecule is CC(C)N1C(=O)c2ccc(C(=O)NCCc3cccc(O)c3)cc2S1(=O)=O. The minimum atomic E-state index is -3.94. The van der Waals surface area contributed by atoms with Crippen LogP contribution in [0.5, 0.6) is 5.75 Å². The minimum Gasteiger partial charge on any atom is -0.508 e. The van der Waals surface area contributed by atoms with Gasteiger partial charge in [0.1, 0.15) is 10.6 Å². The Kier molecular flexibility index (Phi) is 4.93. The van der Waals surface area contributed by atoms with Gasteiger partial charge >= 0.3 is 0 Å². The predicted octanol–water partition coefficient (Wildman–Crippen LogP) is 1.92. The van der Waals surface area contributed by atoms with Crippen molar-refractivity contribution in [3.05, 3.63) is 59.2 Å². The molecule has 0 bridgehead atoms. The molecular weight excluding hydrogens is 368 g/mol. The molecular formula is C19H20N2O5S. The molecule has 0 radical (unpaired) electrons. The van der Waals surface area contributed by atoms with E-state index in [1.807, 2.05) is 6.07 Å². The zero-order chi connectivity index (χ0) is 19.8. The van der Waals surface area contributed by atoms with Crippen LogP contribution in [0.4, 0.5) is 0 Å². The quantitative estimate of drug-likeness (QED) is 0.814. The number of aromatic hydroxyl groups is 1. The second-order valence-electron chi connectivity index (χ2n) is 6.59. The highest BCUT2D eigenvalue weighted by atomic mass is 32.2. The molecule has 7 nitrogen and oxygen atoms in total. The first-order chi connectivity index (χ1) is 12.7. The van der Waals surface area contributed by atoms with E-state index in [4.69, 9.17) is 0 Å². The van der Waals surface area contributed by atoms with E-state index in [1.54, 1.807) is 32.0 Å². The van der Waals surface area contributed by atoms with Gasteiger partial charge in [-0.25, -0.2) is 12.7 Å². The van der Waals surface area contributed by atoms with E-state index >= 15 is 0 Å². The van der Waals surface area contributed by atoms with Crippen molar-refractivity contribution in [3.8, 4) is 5.75 Å². The van der Waals surface area contributed by atoms with Gasteiger partial charge < -0.3 is 10.4 Å². The topological polar surface area (TPSA) is 104 Å². The summed E-state index contributed by atoms with van der Waals surface area (Å²) in [5, 5.41) is 12.2. The summed E-state index contributed by atoms with van der Waals surface area (Å²) in [5.41, 5.74) is 1.12. The van der Waals surface area contributed by atoms with Crippen molar-refractivity contribution in [3.63, 3.8) is 0 Å². The summed E-state index contributed by atoms with van der Waals surface area (Å²) in [6, 6.07) is 10.3. The summed E-state index contributed by atoms with van der Waals surface area (Å²) >= 11 is 0. The van der Waals surface area contributed by atoms with Gasteiger partial charge in [-0.2, -0.15) is 0 Å². The summed E-state index contributed by atoms with van der Waals surface area (Å²) in [7, 11) is -3.94. The monoisotopic (exact) mass is 388 g/mol. The number of carbonyl (C=O) groups excluding carboxylic acids is 2. The van der Waals surface area contributed by atoms with Gasteiger partial charge in [0, 0.05) is 18.2 Å². The molecule has 0 saturated carbocycles. The lowest BCUT2D eigenvalue weighted by Crippen LogP contribution is -2.36. The number of amides is 2. The maximum Gasteiger partial charge on any atom is 0.269 e. The van der Waals surface area contributed by atoms with Crippen LogP contribution >= 0.6 is 0 Å². The van der Waals surface area contributed by atoms with Gasteiger partial charge in [0.25, 0.3) is 21.8 Å². The molecule has 0 aliphatic carbocycles. The van der Waals surface area contributed by atoms with E-state index in [2.05, 4.69) is 5.32 Å². The fourth-order valence-corrected chi connectivity index (χ4v) is 4.83. The number of rotatable bonds is 5. The van der Waals surface area contributed by atoms with Gasteiger partial charge in [-0.1, -0.05) is 12.1 Å². The van der Waals surface area contributed by atoms with Gasteiger partial charge in [0.05, 0.1) is 5.56 Å². The van der Waals surface area contributed by atoms with E-state index in [0.29, 0.717) is 13.0 Å². The van der Waals surface area contributed by atoms with E-state index in [9.17, 15) is 23.1 Å².